The van der Waals surface area contributed by atoms with Gasteiger partial charge in [-0.25, -0.2) is 0 Å². The molecule has 1 aromatic carbocycles. The van der Waals surface area contributed by atoms with Gasteiger partial charge in [0.1, 0.15) is 11.6 Å². The van der Waals surface area contributed by atoms with Crippen molar-refractivity contribution in [2.75, 3.05) is 39.3 Å². The second-order valence-electron chi connectivity index (χ2n) is 9.95. The van der Waals surface area contributed by atoms with E-state index in [-0.39, 0.29) is 11.4 Å². The molecule has 9 nitrogen and oxygen atoms in total. The second-order valence-corrected chi connectivity index (χ2v) is 9.95. The van der Waals surface area contributed by atoms with E-state index in [9.17, 15) is 0 Å². The quantitative estimate of drug-likeness (QED) is 0.109. The van der Waals surface area contributed by atoms with Crippen LogP contribution in [0.4, 0.5) is 0 Å². The molecule has 0 atom stereocenters. The molecule has 0 unspecified atom stereocenters. The number of benzene rings is 1. The molecule has 0 aromatic heterocycles. The Morgan fingerprint density at radius 1 is 0.914 bits per heavy atom. The number of hydrogen-bond acceptors (Lipinski definition) is 5. The van der Waals surface area contributed by atoms with Gasteiger partial charge in [-0.15, -0.1) is 0 Å². The molecule has 1 aliphatic rings. The Hall–Kier alpha value is -2.97. The van der Waals surface area contributed by atoms with Crippen LogP contribution in [0.1, 0.15) is 70.8 Å². The summed E-state index contributed by atoms with van der Waals surface area (Å²) in [4.78, 5) is 4.67. The van der Waals surface area contributed by atoms with Crippen molar-refractivity contribution in [1.82, 2.24) is 21.3 Å². The number of nitrogens with one attached hydrogen (secondary N) is 6. The van der Waals surface area contributed by atoms with Gasteiger partial charge in [0.05, 0.1) is 6.61 Å². The molecule has 0 bridgehead atoms. The van der Waals surface area contributed by atoms with Gasteiger partial charge in [-0.1, -0.05) is 39.5 Å². The van der Waals surface area contributed by atoms with E-state index in [2.05, 4.69) is 52.2 Å². The molecule has 1 heterocycles. The van der Waals surface area contributed by atoms with Crippen molar-refractivity contribution in [2.24, 2.45) is 16.1 Å². The number of amidine groups is 1. The van der Waals surface area contributed by atoms with E-state index in [0.29, 0.717) is 12.6 Å². The minimum Gasteiger partial charge on any atom is -0.494 e. The first-order chi connectivity index (χ1) is 16.9. The summed E-state index contributed by atoms with van der Waals surface area (Å²) < 4.78 is 5.86. The third-order valence-electron chi connectivity index (χ3n) is 5.89. The average molecular weight is 487 g/mol. The summed E-state index contributed by atoms with van der Waals surface area (Å²) >= 11 is 0. The van der Waals surface area contributed by atoms with E-state index in [1.54, 1.807) is 0 Å². The molecule has 0 radical (unpaired) electrons. The molecule has 1 aromatic rings. The average Bonchev–Trinajstić information content (AvgIpc) is 2.83. The first kappa shape index (κ1) is 28.3. The van der Waals surface area contributed by atoms with Gasteiger partial charge in [0.15, 0.2) is 11.9 Å². The normalized spacial score (nSPS) is 14.4. The summed E-state index contributed by atoms with van der Waals surface area (Å²) in [5.41, 5.74) is 6.56. The van der Waals surface area contributed by atoms with Gasteiger partial charge in [0.25, 0.3) is 0 Å². The number of unbranched alkanes of at least 4 members (excludes halogenated alkanes) is 6. The number of aliphatic imine (C=N–C) groups is 1. The minimum atomic E-state index is 0.0505. The number of nitrogens with two attached hydrogens (primary N) is 1. The zero-order valence-electron chi connectivity index (χ0n) is 21.6. The molecule has 0 fully saturated rings. The van der Waals surface area contributed by atoms with Crippen molar-refractivity contribution in [1.29, 1.82) is 10.8 Å². The van der Waals surface area contributed by atoms with Crippen LogP contribution in [0.15, 0.2) is 29.3 Å². The van der Waals surface area contributed by atoms with Gasteiger partial charge < -0.3 is 31.7 Å². The number of guanidine groups is 2. The molecule has 35 heavy (non-hydrogen) atoms. The Balaban J connectivity index is 1.42. The number of nitrogens with zero attached hydrogens (tertiary/aromatic N) is 1. The molecule has 8 N–H and O–H groups in total. The maximum Gasteiger partial charge on any atom is 0.188 e. The molecule has 0 spiro atoms. The zero-order valence-corrected chi connectivity index (χ0v) is 21.6. The predicted octanol–water partition coefficient (Wildman–Crippen LogP) is 3.16. The molecule has 0 saturated heterocycles. The van der Waals surface area contributed by atoms with Crippen LogP contribution in [0.3, 0.4) is 0 Å². The van der Waals surface area contributed by atoms with Crippen molar-refractivity contribution in [3.05, 3.63) is 29.8 Å². The van der Waals surface area contributed by atoms with Crippen molar-refractivity contribution in [3.8, 4) is 5.75 Å². The highest BCUT2D eigenvalue weighted by Crippen LogP contribution is 2.19. The molecule has 0 saturated carbocycles. The standard InChI is InChI=1S/C26H46N8O/c1-26(2)19-33-23(34-20-26)21-11-13-22(14-12-21)35-18-10-9-17-32-25(29)31-16-8-6-4-3-5-7-15-30-24(27)28/h11-14H,3-10,15-20H2,1-2H3,(H,33,34)(H4,27,28,30)(H3,29,31,32). The van der Waals surface area contributed by atoms with Gasteiger partial charge >= 0.3 is 0 Å². The van der Waals surface area contributed by atoms with Crippen molar-refractivity contribution >= 4 is 17.8 Å². The van der Waals surface area contributed by atoms with Crippen molar-refractivity contribution < 1.29 is 4.74 Å². The summed E-state index contributed by atoms with van der Waals surface area (Å²) in [5.74, 6) is 2.29. The smallest absolute Gasteiger partial charge is 0.188 e. The minimum absolute atomic E-state index is 0.0505. The van der Waals surface area contributed by atoms with Crippen molar-refractivity contribution in [2.45, 2.75) is 65.2 Å². The van der Waals surface area contributed by atoms with Crippen molar-refractivity contribution in [3.63, 3.8) is 0 Å². The molecule has 196 valence electrons. The van der Waals surface area contributed by atoms with E-state index in [1.807, 2.05) is 12.1 Å². The fourth-order valence-corrected chi connectivity index (χ4v) is 3.72. The Morgan fingerprint density at radius 3 is 2.06 bits per heavy atom. The third kappa shape index (κ3) is 12.9. The predicted molar refractivity (Wildman–Crippen MR) is 146 cm³/mol. The van der Waals surface area contributed by atoms with Crippen LogP contribution in [-0.4, -0.2) is 57.1 Å². The Kier molecular flexibility index (Phi) is 12.8. The maximum atomic E-state index is 7.95. The van der Waals surface area contributed by atoms with E-state index in [1.165, 1.54) is 19.3 Å². The lowest BCUT2D eigenvalue weighted by atomic mass is 9.92. The topological polar surface area (TPSA) is 143 Å². The number of ether oxygens (including phenoxy) is 1. The molecule has 9 heteroatoms. The molecule has 0 aliphatic carbocycles. The van der Waals surface area contributed by atoms with Crippen LogP contribution in [0.2, 0.25) is 0 Å². The first-order valence-corrected chi connectivity index (χ1v) is 13.0. The molecule has 2 rings (SSSR count). The lowest BCUT2D eigenvalue weighted by Gasteiger charge is -2.29. The Bertz CT molecular complexity index is 791. The van der Waals surface area contributed by atoms with Gasteiger partial charge in [0, 0.05) is 43.7 Å². The fourth-order valence-electron chi connectivity index (χ4n) is 3.72. The first-order valence-electron chi connectivity index (χ1n) is 13.0. The summed E-state index contributed by atoms with van der Waals surface area (Å²) in [6.45, 7) is 9.27. The third-order valence-corrected chi connectivity index (χ3v) is 5.89. The number of hydrogen-bond donors (Lipinski definition) is 7. The largest absolute Gasteiger partial charge is 0.494 e. The van der Waals surface area contributed by atoms with E-state index in [4.69, 9.17) is 21.3 Å². The van der Waals surface area contributed by atoms with E-state index >= 15 is 0 Å². The van der Waals surface area contributed by atoms with Crippen LogP contribution in [0.5, 0.6) is 5.75 Å². The summed E-state index contributed by atoms with van der Waals surface area (Å²) in [6.07, 6.45) is 8.75. The lowest BCUT2D eigenvalue weighted by Crippen LogP contribution is -2.41. The Morgan fingerprint density at radius 2 is 1.49 bits per heavy atom. The summed E-state index contributed by atoms with van der Waals surface area (Å²) in [5, 5.41) is 27.6. The lowest BCUT2D eigenvalue weighted by molar-refractivity contribution is 0.307. The summed E-state index contributed by atoms with van der Waals surface area (Å²) in [7, 11) is 0. The molecule has 1 aliphatic heterocycles. The summed E-state index contributed by atoms with van der Waals surface area (Å²) in [6, 6.07) is 8.12. The zero-order chi connectivity index (χ0) is 25.4. The molecule has 0 amide bonds. The molecular weight excluding hydrogens is 440 g/mol. The van der Waals surface area contributed by atoms with Crippen LogP contribution in [0.25, 0.3) is 0 Å². The molecular formula is C26H46N8O. The fraction of sp³-hybridized carbons (Fsp3) is 0.654. The monoisotopic (exact) mass is 486 g/mol. The van der Waals surface area contributed by atoms with E-state index < -0.39 is 0 Å². The highest BCUT2D eigenvalue weighted by Gasteiger charge is 2.22. The SMILES string of the molecule is CC1(C)CN=C(c2ccc(OCCCCNC(=N)NCCCCCCCCNC(=N)N)cc2)NC1. The maximum absolute atomic E-state index is 7.95. The number of rotatable bonds is 16. The highest BCUT2D eigenvalue weighted by molar-refractivity contribution is 5.99. The van der Waals surface area contributed by atoms with Crippen LogP contribution >= 0.6 is 0 Å². The Labute approximate surface area is 211 Å². The second kappa shape index (κ2) is 15.8. The highest BCUT2D eigenvalue weighted by atomic mass is 16.5. The van der Waals surface area contributed by atoms with Gasteiger partial charge in [-0.05, 0) is 49.9 Å². The van der Waals surface area contributed by atoms with Crippen LogP contribution < -0.4 is 31.7 Å². The van der Waals surface area contributed by atoms with Gasteiger partial charge in [0.2, 0.25) is 0 Å². The van der Waals surface area contributed by atoms with E-state index in [0.717, 1.165) is 82.0 Å². The van der Waals surface area contributed by atoms with Crippen LogP contribution in [0, 0.1) is 16.2 Å². The van der Waals surface area contributed by atoms with Gasteiger partial charge in [-0.2, -0.15) is 0 Å². The van der Waals surface area contributed by atoms with Gasteiger partial charge in [-0.3, -0.25) is 15.8 Å². The van der Waals surface area contributed by atoms with Crippen LogP contribution in [-0.2, 0) is 0 Å².